The Morgan fingerprint density at radius 1 is 1.58 bits per heavy atom. The molecule has 0 aliphatic rings. The Morgan fingerprint density at radius 2 is 2.26 bits per heavy atom. The number of rotatable bonds is 7. The molecule has 0 saturated heterocycles. The smallest absolute Gasteiger partial charge is 0.303 e. The number of aliphatic carboxylic acids is 1. The van der Waals surface area contributed by atoms with Crippen molar-refractivity contribution in [2.24, 2.45) is 5.92 Å². The van der Waals surface area contributed by atoms with Gasteiger partial charge in [0.25, 0.3) is 5.69 Å². The quantitative estimate of drug-likeness (QED) is 0.591. The maximum absolute atomic E-state index is 10.9. The van der Waals surface area contributed by atoms with Gasteiger partial charge >= 0.3 is 5.97 Å². The highest BCUT2D eigenvalue weighted by Gasteiger charge is 2.14. The van der Waals surface area contributed by atoms with Crippen molar-refractivity contribution in [1.29, 1.82) is 0 Å². The van der Waals surface area contributed by atoms with Crippen molar-refractivity contribution in [3.8, 4) is 0 Å². The molecule has 0 amide bonds. The molecular weight excluding hydrogens is 316 g/mol. The van der Waals surface area contributed by atoms with E-state index in [1.165, 1.54) is 6.07 Å². The van der Waals surface area contributed by atoms with Crippen molar-refractivity contribution in [3.63, 3.8) is 0 Å². The number of nitro benzene ring substituents is 1. The molecule has 1 unspecified atom stereocenters. The van der Waals surface area contributed by atoms with Crippen molar-refractivity contribution in [1.82, 2.24) is 0 Å². The van der Waals surface area contributed by atoms with E-state index in [0.29, 0.717) is 23.1 Å². The topological polar surface area (TPSA) is 92.5 Å². The van der Waals surface area contributed by atoms with Gasteiger partial charge in [-0.15, -0.1) is 0 Å². The molecule has 0 bridgehead atoms. The molecule has 0 saturated carbocycles. The first-order valence-corrected chi connectivity index (χ1v) is 6.59. The number of carboxylic acids is 1. The van der Waals surface area contributed by atoms with Gasteiger partial charge in [0.2, 0.25) is 0 Å². The zero-order valence-electron chi connectivity index (χ0n) is 10.4. The first-order valence-electron chi connectivity index (χ1n) is 5.79. The highest BCUT2D eigenvalue weighted by atomic mass is 79.9. The number of anilines is 1. The third-order valence-electron chi connectivity index (χ3n) is 2.65. The molecular formula is C12H15BrN2O4. The molecule has 6 nitrogen and oxygen atoms in total. The highest BCUT2D eigenvalue weighted by Crippen LogP contribution is 2.28. The van der Waals surface area contributed by atoms with Crippen LogP contribution in [0.25, 0.3) is 0 Å². The van der Waals surface area contributed by atoms with Crippen LogP contribution in [0.3, 0.4) is 0 Å². The summed E-state index contributed by atoms with van der Waals surface area (Å²) < 4.78 is 0.642. The second-order valence-corrected chi connectivity index (χ2v) is 5.25. The lowest BCUT2D eigenvalue weighted by Crippen LogP contribution is -2.13. The molecule has 1 aromatic carbocycles. The van der Waals surface area contributed by atoms with E-state index in [2.05, 4.69) is 21.2 Å². The average Bonchev–Trinajstić information content (AvgIpc) is 2.34. The van der Waals surface area contributed by atoms with Gasteiger partial charge in [-0.05, 0) is 24.5 Å². The molecule has 104 valence electrons. The van der Waals surface area contributed by atoms with E-state index in [4.69, 9.17) is 5.11 Å². The highest BCUT2D eigenvalue weighted by molar-refractivity contribution is 9.10. The van der Waals surface area contributed by atoms with E-state index < -0.39 is 10.9 Å². The molecule has 0 heterocycles. The Morgan fingerprint density at radius 3 is 2.84 bits per heavy atom. The Bertz CT molecular complexity index is 479. The second-order valence-electron chi connectivity index (χ2n) is 4.34. The summed E-state index contributed by atoms with van der Waals surface area (Å²) >= 11 is 3.19. The lowest BCUT2D eigenvalue weighted by atomic mass is 10.1. The van der Waals surface area contributed by atoms with E-state index in [1.54, 1.807) is 12.1 Å². The minimum absolute atomic E-state index is 0.000176. The molecule has 0 aliphatic heterocycles. The van der Waals surface area contributed by atoms with Crippen LogP contribution in [0.2, 0.25) is 0 Å². The summed E-state index contributed by atoms with van der Waals surface area (Å²) in [5.74, 6) is -0.708. The molecule has 1 rings (SSSR count). The van der Waals surface area contributed by atoms with E-state index in [-0.39, 0.29) is 18.0 Å². The SMILES string of the molecule is CC(CCC(=O)O)CNc1ccc(Br)cc1[N+](=O)[O-]. The zero-order chi connectivity index (χ0) is 14.4. The van der Waals surface area contributed by atoms with Crippen LogP contribution < -0.4 is 5.32 Å². The Kier molecular flexibility index (Phi) is 5.75. The van der Waals surface area contributed by atoms with Crippen molar-refractivity contribution < 1.29 is 14.8 Å². The zero-order valence-corrected chi connectivity index (χ0v) is 12.0. The summed E-state index contributed by atoms with van der Waals surface area (Å²) in [5, 5.41) is 22.5. The van der Waals surface area contributed by atoms with Crippen LogP contribution in [0.15, 0.2) is 22.7 Å². The molecule has 1 aromatic rings. The predicted molar refractivity (Wildman–Crippen MR) is 75.3 cm³/mol. The minimum Gasteiger partial charge on any atom is -0.481 e. The van der Waals surface area contributed by atoms with Gasteiger partial charge < -0.3 is 10.4 Å². The van der Waals surface area contributed by atoms with Gasteiger partial charge in [0.15, 0.2) is 0 Å². The van der Waals surface area contributed by atoms with E-state index >= 15 is 0 Å². The third-order valence-corrected chi connectivity index (χ3v) is 3.14. The van der Waals surface area contributed by atoms with Gasteiger partial charge in [-0.3, -0.25) is 14.9 Å². The van der Waals surface area contributed by atoms with Crippen molar-refractivity contribution in [2.45, 2.75) is 19.8 Å². The first kappa shape index (κ1) is 15.4. The van der Waals surface area contributed by atoms with Crippen LogP contribution in [0, 0.1) is 16.0 Å². The van der Waals surface area contributed by atoms with E-state index in [0.717, 1.165) is 0 Å². The number of carboxylic acid groups (broad SMARTS) is 1. The summed E-state index contributed by atoms with van der Waals surface area (Å²) in [6.07, 6.45) is 0.637. The molecule has 2 N–H and O–H groups in total. The number of hydrogen-bond acceptors (Lipinski definition) is 4. The van der Waals surface area contributed by atoms with E-state index in [9.17, 15) is 14.9 Å². The number of nitrogens with one attached hydrogen (secondary N) is 1. The number of benzene rings is 1. The van der Waals surface area contributed by atoms with Crippen LogP contribution in [-0.4, -0.2) is 22.5 Å². The molecule has 1 atom stereocenters. The fourth-order valence-corrected chi connectivity index (χ4v) is 1.91. The Hall–Kier alpha value is -1.63. The van der Waals surface area contributed by atoms with Crippen molar-refractivity contribution in [3.05, 3.63) is 32.8 Å². The number of nitro groups is 1. The van der Waals surface area contributed by atoms with Gasteiger partial charge in [-0.2, -0.15) is 0 Å². The number of carbonyl (C=O) groups is 1. The number of hydrogen-bond donors (Lipinski definition) is 2. The third kappa shape index (κ3) is 5.25. The van der Waals surface area contributed by atoms with Gasteiger partial charge in [-0.25, -0.2) is 0 Å². The van der Waals surface area contributed by atoms with Crippen molar-refractivity contribution >= 4 is 33.3 Å². The standard InChI is InChI=1S/C12H15BrN2O4/c1-8(2-5-12(16)17)7-14-10-4-3-9(13)6-11(10)15(18)19/h3-4,6,8,14H,2,5,7H2,1H3,(H,16,17). The summed E-state index contributed by atoms with van der Waals surface area (Å²) in [4.78, 5) is 20.9. The molecule has 19 heavy (non-hydrogen) atoms. The average molecular weight is 331 g/mol. The summed E-state index contributed by atoms with van der Waals surface area (Å²) in [5.41, 5.74) is 0.440. The Labute approximate surface area is 119 Å². The minimum atomic E-state index is -0.832. The van der Waals surface area contributed by atoms with Gasteiger partial charge in [-0.1, -0.05) is 22.9 Å². The van der Waals surface area contributed by atoms with Crippen molar-refractivity contribution in [2.75, 3.05) is 11.9 Å². The number of halogens is 1. The largest absolute Gasteiger partial charge is 0.481 e. The summed E-state index contributed by atoms with van der Waals surface area (Å²) in [6, 6.07) is 4.79. The Balaban J connectivity index is 2.62. The van der Waals surface area contributed by atoms with Crippen LogP contribution in [-0.2, 0) is 4.79 Å². The summed E-state index contributed by atoms with van der Waals surface area (Å²) in [6.45, 7) is 2.40. The molecule has 0 fully saturated rings. The molecule has 0 spiro atoms. The fourth-order valence-electron chi connectivity index (χ4n) is 1.56. The fraction of sp³-hybridized carbons (Fsp3) is 0.417. The lowest BCUT2D eigenvalue weighted by molar-refractivity contribution is -0.384. The predicted octanol–water partition coefficient (Wildman–Crippen LogP) is 3.27. The van der Waals surface area contributed by atoms with Crippen LogP contribution in [0.5, 0.6) is 0 Å². The van der Waals surface area contributed by atoms with Gasteiger partial charge in [0.1, 0.15) is 5.69 Å². The van der Waals surface area contributed by atoms with Crippen LogP contribution in [0.1, 0.15) is 19.8 Å². The number of nitrogens with zero attached hydrogens (tertiary/aromatic N) is 1. The van der Waals surface area contributed by atoms with Crippen LogP contribution in [0.4, 0.5) is 11.4 Å². The molecule has 0 radical (unpaired) electrons. The second kappa shape index (κ2) is 7.08. The van der Waals surface area contributed by atoms with Crippen LogP contribution >= 0.6 is 15.9 Å². The normalized spacial score (nSPS) is 11.9. The maximum Gasteiger partial charge on any atom is 0.303 e. The van der Waals surface area contributed by atoms with Gasteiger partial charge in [0, 0.05) is 23.5 Å². The molecule has 0 aromatic heterocycles. The molecule has 0 aliphatic carbocycles. The summed E-state index contributed by atoms with van der Waals surface area (Å²) in [7, 11) is 0. The van der Waals surface area contributed by atoms with Gasteiger partial charge in [0.05, 0.1) is 4.92 Å². The molecule has 7 heteroatoms. The monoisotopic (exact) mass is 330 g/mol. The lowest BCUT2D eigenvalue weighted by Gasteiger charge is -2.12. The van der Waals surface area contributed by atoms with E-state index in [1.807, 2.05) is 6.92 Å². The maximum atomic E-state index is 10.9. The first-order chi connectivity index (χ1) is 8.90.